The maximum atomic E-state index is 10.2. The lowest BCUT2D eigenvalue weighted by molar-refractivity contribution is -0.384. The first-order valence-corrected chi connectivity index (χ1v) is 6.30. The van der Waals surface area contributed by atoms with Crippen LogP contribution in [0.5, 0.6) is 0 Å². The third-order valence-corrected chi connectivity index (χ3v) is 2.42. The molecule has 0 aliphatic heterocycles. The number of nitro benzene ring substituents is 1. The lowest BCUT2D eigenvalue weighted by Crippen LogP contribution is -1.86. The van der Waals surface area contributed by atoms with E-state index < -0.39 is 4.92 Å². The van der Waals surface area contributed by atoms with Crippen LogP contribution in [0, 0.1) is 22.5 Å². The number of carbonyl (C=O) groups is 1. The van der Waals surface area contributed by atoms with Gasteiger partial charge in [-0.25, -0.2) is 0 Å². The van der Waals surface area contributed by atoms with E-state index in [1.807, 2.05) is 0 Å². The second kappa shape index (κ2) is 11.0. The Bertz CT molecular complexity index is 418. The molecule has 1 rings (SSSR count). The Balaban J connectivity index is 0.000000362. The van der Waals surface area contributed by atoms with Gasteiger partial charge in [-0.15, -0.1) is 6.42 Å². The van der Waals surface area contributed by atoms with Crippen molar-refractivity contribution in [2.24, 2.45) is 0 Å². The molecular formula is C15H19NO3. The van der Waals surface area contributed by atoms with Crippen LogP contribution in [0.3, 0.4) is 0 Å². The molecule has 102 valence electrons. The van der Waals surface area contributed by atoms with Gasteiger partial charge in [0.15, 0.2) is 0 Å². The third-order valence-electron chi connectivity index (χ3n) is 2.42. The maximum absolute atomic E-state index is 10.2. The standard InChI is InChI=1S/C8H5NO2.C7H14O/c1-2-7-3-5-8(6-4-7)9(10)11;1-2-3-4-5-6-7-8/h1,3-6H;7H,2-6H2,1H3. The van der Waals surface area contributed by atoms with E-state index in [9.17, 15) is 14.9 Å². The van der Waals surface area contributed by atoms with E-state index in [0.29, 0.717) is 5.56 Å². The van der Waals surface area contributed by atoms with Crippen molar-refractivity contribution in [2.45, 2.75) is 39.0 Å². The Labute approximate surface area is 114 Å². The molecule has 4 heteroatoms. The summed E-state index contributed by atoms with van der Waals surface area (Å²) in [6, 6.07) is 5.85. The van der Waals surface area contributed by atoms with Crippen LogP contribution in [-0.2, 0) is 4.79 Å². The summed E-state index contributed by atoms with van der Waals surface area (Å²) in [4.78, 5) is 19.5. The molecule has 1 aromatic rings. The lowest BCUT2D eigenvalue weighted by Gasteiger charge is -1.90. The molecule has 0 fully saturated rings. The van der Waals surface area contributed by atoms with Crippen molar-refractivity contribution in [1.29, 1.82) is 0 Å². The van der Waals surface area contributed by atoms with Crippen LogP contribution in [0.4, 0.5) is 5.69 Å². The summed E-state index contributed by atoms with van der Waals surface area (Å²) in [5, 5.41) is 10.2. The minimum Gasteiger partial charge on any atom is -0.303 e. The van der Waals surface area contributed by atoms with Gasteiger partial charge in [0.05, 0.1) is 4.92 Å². The van der Waals surface area contributed by atoms with Gasteiger partial charge < -0.3 is 4.79 Å². The number of nitrogens with zero attached hydrogens (tertiary/aromatic N) is 1. The van der Waals surface area contributed by atoms with Gasteiger partial charge in [-0.1, -0.05) is 32.1 Å². The quantitative estimate of drug-likeness (QED) is 0.258. The van der Waals surface area contributed by atoms with Gasteiger partial charge in [0, 0.05) is 24.1 Å². The Morgan fingerprint density at radius 3 is 2.32 bits per heavy atom. The molecule has 0 N–H and O–H groups in total. The molecule has 0 heterocycles. The van der Waals surface area contributed by atoms with Gasteiger partial charge in [-0.05, 0) is 18.6 Å². The van der Waals surface area contributed by atoms with Gasteiger partial charge >= 0.3 is 0 Å². The van der Waals surface area contributed by atoms with E-state index in [-0.39, 0.29) is 5.69 Å². The Morgan fingerprint density at radius 1 is 1.26 bits per heavy atom. The number of non-ortho nitro benzene ring substituents is 1. The summed E-state index contributed by atoms with van der Waals surface area (Å²) in [5.41, 5.74) is 0.708. The smallest absolute Gasteiger partial charge is 0.269 e. The van der Waals surface area contributed by atoms with Crippen molar-refractivity contribution in [3.05, 3.63) is 39.9 Å². The van der Waals surface area contributed by atoms with Crippen LogP contribution in [0.2, 0.25) is 0 Å². The van der Waals surface area contributed by atoms with Gasteiger partial charge in [-0.2, -0.15) is 0 Å². The number of terminal acetylenes is 1. The zero-order chi connectivity index (χ0) is 14.5. The van der Waals surface area contributed by atoms with Crippen LogP contribution in [0.25, 0.3) is 0 Å². The molecule has 1 aromatic carbocycles. The van der Waals surface area contributed by atoms with E-state index in [2.05, 4.69) is 12.8 Å². The van der Waals surface area contributed by atoms with Gasteiger partial charge in [-0.3, -0.25) is 10.1 Å². The monoisotopic (exact) mass is 261 g/mol. The fourth-order valence-electron chi connectivity index (χ4n) is 1.33. The molecule has 0 aromatic heterocycles. The van der Waals surface area contributed by atoms with Gasteiger partial charge in [0.2, 0.25) is 0 Å². The van der Waals surface area contributed by atoms with E-state index in [4.69, 9.17) is 6.42 Å². The van der Waals surface area contributed by atoms with E-state index in [0.717, 1.165) is 19.1 Å². The van der Waals surface area contributed by atoms with Crippen molar-refractivity contribution in [3.63, 3.8) is 0 Å². The topological polar surface area (TPSA) is 60.2 Å². The Hall–Kier alpha value is -2.15. The molecule has 0 saturated carbocycles. The molecule has 4 nitrogen and oxygen atoms in total. The molecule has 0 radical (unpaired) electrons. The SMILES string of the molecule is C#Cc1ccc([N+](=O)[O-])cc1.CCCCCCC=O. The van der Waals surface area contributed by atoms with Crippen LogP contribution >= 0.6 is 0 Å². The van der Waals surface area contributed by atoms with Gasteiger partial charge in [0.25, 0.3) is 5.69 Å². The Kier molecular flexibility index (Phi) is 9.73. The number of hydrogen-bond acceptors (Lipinski definition) is 3. The molecular weight excluding hydrogens is 242 g/mol. The van der Waals surface area contributed by atoms with Crippen LogP contribution in [-0.4, -0.2) is 11.2 Å². The van der Waals surface area contributed by atoms with Crippen molar-refractivity contribution < 1.29 is 9.72 Å². The molecule has 0 bridgehead atoms. The first kappa shape index (κ1) is 16.9. The van der Waals surface area contributed by atoms with E-state index in [1.165, 1.54) is 43.5 Å². The molecule has 0 aliphatic rings. The zero-order valence-corrected chi connectivity index (χ0v) is 11.2. The minimum absolute atomic E-state index is 0.0593. The summed E-state index contributed by atoms with van der Waals surface area (Å²) >= 11 is 0. The fourth-order valence-corrected chi connectivity index (χ4v) is 1.33. The van der Waals surface area contributed by atoms with Crippen molar-refractivity contribution >= 4 is 12.0 Å². The van der Waals surface area contributed by atoms with Crippen molar-refractivity contribution in [1.82, 2.24) is 0 Å². The average molecular weight is 261 g/mol. The van der Waals surface area contributed by atoms with Crippen molar-refractivity contribution in [2.75, 3.05) is 0 Å². The normalized spacial score (nSPS) is 8.84. The first-order valence-electron chi connectivity index (χ1n) is 6.30. The number of rotatable bonds is 6. The average Bonchev–Trinajstić information content (AvgIpc) is 2.44. The largest absolute Gasteiger partial charge is 0.303 e. The highest BCUT2D eigenvalue weighted by Crippen LogP contribution is 2.10. The number of unbranched alkanes of at least 4 members (excludes halogenated alkanes) is 4. The van der Waals surface area contributed by atoms with Crippen LogP contribution < -0.4 is 0 Å². The van der Waals surface area contributed by atoms with Crippen molar-refractivity contribution in [3.8, 4) is 12.3 Å². The Morgan fingerprint density at radius 2 is 1.89 bits per heavy atom. The zero-order valence-electron chi connectivity index (χ0n) is 11.2. The van der Waals surface area contributed by atoms with E-state index in [1.54, 1.807) is 0 Å². The van der Waals surface area contributed by atoms with Gasteiger partial charge in [0.1, 0.15) is 6.29 Å². The molecule has 0 aliphatic carbocycles. The lowest BCUT2D eigenvalue weighted by atomic mass is 10.2. The molecule has 0 spiro atoms. The molecule has 0 atom stereocenters. The number of hydrogen-bond donors (Lipinski definition) is 0. The number of nitro groups is 1. The first-order chi connectivity index (χ1) is 9.15. The predicted molar refractivity (Wildman–Crippen MR) is 75.9 cm³/mol. The second-order valence-corrected chi connectivity index (χ2v) is 3.96. The minimum atomic E-state index is -0.458. The number of benzene rings is 1. The summed E-state index contributed by atoms with van der Waals surface area (Å²) in [6.45, 7) is 2.17. The molecule has 0 amide bonds. The predicted octanol–water partition coefficient (Wildman–Crippen LogP) is 3.73. The van der Waals surface area contributed by atoms with Crippen LogP contribution in [0.15, 0.2) is 24.3 Å². The summed E-state index contributed by atoms with van der Waals surface area (Å²) in [7, 11) is 0. The summed E-state index contributed by atoms with van der Waals surface area (Å²) in [5.74, 6) is 2.37. The summed E-state index contributed by atoms with van der Waals surface area (Å²) in [6.07, 6.45) is 11.6. The summed E-state index contributed by atoms with van der Waals surface area (Å²) < 4.78 is 0. The highest BCUT2D eigenvalue weighted by Gasteiger charge is 2.01. The molecule has 19 heavy (non-hydrogen) atoms. The van der Waals surface area contributed by atoms with Crippen LogP contribution in [0.1, 0.15) is 44.6 Å². The fraction of sp³-hybridized carbons (Fsp3) is 0.400. The second-order valence-electron chi connectivity index (χ2n) is 3.96. The molecule has 0 unspecified atom stereocenters. The molecule has 0 saturated heterocycles. The highest BCUT2D eigenvalue weighted by atomic mass is 16.6. The number of carbonyl (C=O) groups excluding carboxylic acids is 1. The third kappa shape index (κ3) is 8.56. The highest BCUT2D eigenvalue weighted by molar-refractivity contribution is 5.48. The number of aldehydes is 1. The maximum Gasteiger partial charge on any atom is 0.269 e. The van der Waals surface area contributed by atoms with E-state index >= 15 is 0 Å².